The first-order valence-electron chi connectivity index (χ1n) is 5.59. The molecule has 2 rings (SSSR count). The highest BCUT2D eigenvalue weighted by Gasteiger charge is 2.20. The zero-order valence-electron chi connectivity index (χ0n) is 10.2. The molecule has 3 N–H and O–H groups in total. The van der Waals surface area contributed by atoms with Crippen LogP contribution >= 0.6 is 11.6 Å². The van der Waals surface area contributed by atoms with E-state index in [2.05, 4.69) is 5.32 Å². The van der Waals surface area contributed by atoms with Crippen LogP contribution in [0.15, 0.2) is 42.5 Å². The van der Waals surface area contributed by atoms with Gasteiger partial charge in [0.05, 0.1) is 15.6 Å². The number of rotatable bonds is 3. The van der Waals surface area contributed by atoms with E-state index in [1.807, 2.05) is 0 Å². The van der Waals surface area contributed by atoms with Crippen LogP contribution in [0.1, 0.15) is 10.4 Å². The minimum absolute atomic E-state index is 0.116. The van der Waals surface area contributed by atoms with Crippen LogP contribution in [0.2, 0.25) is 5.02 Å². The van der Waals surface area contributed by atoms with Gasteiger partial charge in [-0.1, -0.05) is 23.7 Å². The van der Waals surface area contributed by atoms with Crippen molar-refractivity contribution in [2.75, 3.05) is 11.1 Å². The number of halogens is 1. The molecular formula is C13H10ClN3O3. The number of carbonyl (C=O) groups excluding carboxylic acids is 1. The number of benzene rings is 2. The van der Waals surface area contributed by atoms with Crippen molar-refractivity contribution in [3.8, 4) is 0 Å². The molecule has 0 unspecified atom stereocenters. The summed E-state index contributed by atoms with van der Waals surface area (Å²) in [5, 5.41) is 13.8. The number of nitro groups is 1. The summed E-state index contributed by atoms with van der Waals surface area (Å²) in [6, 6.07) is 10.4. The first-order chi connectivity index (χ1) is 9.49. The Morgan fingerprint density at radius 3 is 2.60 bits per heavy atom. The number of amides is 1. The Morgan fingerprint density at radius 2 is 1.95 bits per heavy atom. The molecule has 0 fully saturated rings. The minimum Gasteiger partial charge on any atom is -0.399 e. The summed E-state index contributed by atoms with van der Waals surface area (Å²) in [4.78, 5) is 22.4. The Kier molecular flexibility index (Phi) is 3.86. The number of hydrogen-bond acceptors (Lipinski definition) is 4. The van der Waals surface area contributed by atoms with Crippen LogP contribution in [0.3, 0.4) is 0 Å². The first-order valence-corrected chi connectivity index (χ1v) is 5.96. The molecule has 0 aliphatic carbocycles. The first kappa shape index (κ1) is 13.8. The van der Waals surface area contributed by atoms with E-state index in [-0.39, 0.29) is 16.9 Å². The highest BCUT2D eigenvalue weighted by Crippen LogP contribution is 2.25. The molecule has 0 saturated heterocycles. The van der Waals surface area contributed by atoms with E-state index >= 15 is 0 Å². The molecule has 2 aromatic rings. The van der Waals surface area contributed by atoms with Crippen LogP contribution < -0.4 is 11.1 Å². The summed E-state index contributed by atoms with van der Waals surface area (Å²) >= 11 is 5.92. The lowest BCUT2D eigenvalue weighted by molar-refractivity contribution is -0.385. The fourth-order valence-electron chi connectivity index (χ4n) is 1.65. The molecule has 102 valence electrons. The molecule has 0 saturated carbocycles. The normalized spacial score (nSPS) is 10.1. The number of hydrogen-bond donors (Lipinski definition) is 2. The third kappa shape index (κ3) is 2.86. The largest absolute Gasteiger partial charge is 0.399 e. The number of nitro benzene ring substituents is 1. The van der Waals surface area contributed by atoms with E-state index in [0.29, 0.717) is 10.7 Å². The van der Waals surface area contributed by atoms with Crippen molar-refractivity contribution in [3.05, 3.63) is 63.2 Å². The summed E-state index contributed by atoms with van der Waals surface area (Å²) in [7, 11) is 0. The zero-order valence-corrected chi connectivity index (χ0v) is 10.9. The molecule has 2 aromatic carbocycles. The van der Waals surface area contributed by atoms with Crippen molar-refractivity contribution in [1.29, 1.82) is 0 Å². The molecule has 0 aliphatic rings. The molecule has 0 atom stereocenters. The predicted molar refractivity (Wildman–Crippen MR) is 76.9 cm³/mol. The maximum Gasteiger partial charge on any atom is 0.282 e. The lowest BCUT2D eigenvalue weighted by atomic mass is 10.1. The number of anilines is 2. The van der Waals surface area contributed by atoms with Gasteiger partial charge in [-0.25, -0.2) is 0 Å². The van der Waals surface area contributed by atoms with E-state index in [0.717, 1.165) is 0 Å². The second-order valence-electron chi connectivity index (χ2n) is 3.97. The van der Waals surface area contributed by atoms with Gasteiger partial charge >= 0.3 is 0 Å². The Balaban J connectivity index is 2.37. The van der Waals surface area contributed by atoms with Gasteiger partial charge in [0.2, 0.25) is 0 Å². The van der Waals surface area contributed by atoms with E-state index < -0.39 is 10.8 Å². The Labute approximate surface area is 119 Å². The zero-order chi connectivity index (χ0) is 14.7. The lowest BCUT2D eigenvalue weighted by Gasteiger charge is -2.07. The van der Waals surface area contributed by atoms with Crippen molar-refractivity contribution in [2.45, 2.75) is 0 Å². The van der Waals surface area contributed by atoms with Gasteiger partial charge in [0.1, 0.15) is 5.56 Å². The van der Waals surface area contributed by atoms with Gasteiger partial charge in [-0.05, 0) is 24.3 Å². The number of para-hydroxylation sites is 1. The number of nitrogens with one attached hydrogen (secondary N) is 1. The average Bonchev–Trinajstić information content (AvgIpc) is 2.40. The van der Waals surface area contributed by atoms with Crippen molar-refractivity contribution in [1.82, 2.24) is 0 Å². The van der Waals surface area contributed by atoms with E-state index in [9.17, 15) is 14.9 Å². The van der Waals surface area contributed by atoms with E-state index in [4.69, 9.17) is 17.3 Å². The number of nitrogens with two attached hydrogens (primary N) is 1. The van der Waals surface area contributed by atoms with Gasteiger partial charge in [-0.15, -0.1) is 0 Å². The Morgan fingerprint density at radius 1 is 1.25 bits per heavy atom. The van der Waals surface area contributed by atoms with E-state index in [1.165, 1.54) is 18.2 Å². The Hall–Kier alpha value is -2.60. The summed E-state index contributed by atoms with van der Waals surface area (Å²) in [6.07, 6.45) is 0. The van der Waals surface area contributed by atoms with Crippen molar-refractivity contribution >= 4 is 34.6 Å². The van der Waals surface area contributed by atoms with Gasteiger partial charge in [0.25, 0.3) is 11.6 Å². The molecular weight excluding hydrogens is 282 g/mol. The molecule has 0 heterocycles. The highest BCUT2D eigenvalue weighted by molar-refractivity contribution is 6.34. The third-order valence-electron chi connectivity index (χ3n) is 2.58. The predicted octanol–water partition coefficient (Wildman–Crippen LogP) is 3.08. The number of nitrogen functional groups attached to an aromatic ring is 1. The van der Waals surface area contributed by atoms with Gasteiger partial charge in [-0.2, -0.15) is 0 Å². The maximum atomic E-state index is 12.1. The lowest BCUT2D eigenvalue weighted by Crippen LogP contribution is -2.14. The quantitative estimate of drug-likeness (QED) is 0.516. The minimum atomic E-state index is -0.642. The molecule has 0 spiro atoms. The molecule has 6 nitrogen and oxygen atoms in total. The van der Waals surface area contributed by atoms with Crippen LogP contribution in [0, 0.1) is 10.1 Å². The van der Waals surface area contributed by atoms with E-state index in [1.54, 1.807) is 24.3 Å². The van der Waals surface area contributed by atoms with Gasteiger partial charge in [-0.3, -0.25) is 14.9 Å². The molecule has 0 aliphatic heterocycles. The summed E-state index contributed by atoms with van der Waals surface area (Å²) in [5.74, 6) is -0.642. The second-order valence-corrected chi connectivity index (χ2v) is 4.37. The van der Waals surface area contributed by atoms with Crippen LogP contribution in [0.25, 0.3) is 0 Å². The highest BCUT2D eigenvalue weighted by atomic mass is 35.5. The smallest absolute Gasteiger partial charge is 0.282 e. The fraction of sp³-hybridized carbons (Fsp3) is 0. The monoisotopic (exact) mass is 291 g/mol. The molecule has 1 amide bonds. The van der Waals surface area contributed by atoms with Crippen LogP contribution in [-0.2, 0) is 0 Å². The summed E-state index contributed by atoms with van der Waals surface area (Å²) in [5.41, 5.74) is 5.76. The van der Waals surface area contributed by atoms with Gasteiger partial charge in [0, 0.05) is 11.8 Å². The van der Waals surface area contributed by atoms with Crippen molar-refractivity contribution in [2.24, 2.45) is 0 Å². The SMILES string of the molecule is Nc1ccc([N+](=O)[O-])c(C(=O)Nc2ccccc2Cl)c1. The number of nitrogens with zero attached hydrogens (tertiary/aromatic N) is 1. The van der Waals surface area contributed by atoms with Crippen LogP contribution in [-0.4, -0.2) is 10.8 Å². The Bertz CT molecular complexity index is 688. The third-order valence-corrected chi connectivity index (χ3v) is 2.91. The molecule has 0 aromatic heterocycles. The van der Waals surface area contributed by atoms with Crippen LogP contribution in [0.4, 0.5) is 17.1 Å². The molecule has 0 bridgehead atoms. The molecule has 7 heteroatoms. The summed E-state index contributed by atoms with van der Waals surface area (Å²) < 4.78 is 0. The topological polar surface area (TPSA) is 98.3 Å². The van der Waals surface area contributed by atoms with Crippen LogP contribution in [0.5, 0.6) is 0 Å². The number of carbonyl (C=O) groups is 1. The van der Waals surface area contributed by atoms with Crippen molar-refractivity contribution < 1.29 is 9.72 Å². The molecule has 20 heavy (non-hydrogen) atoms. The standard InChI is InChI=1S/C13H10ClN3O3/c14-10-3-1-2-4-11(10)16-13(18)9-7-8(15)5-6-12(9)17(19)20/h1-7H,15H2,(H,16,18). The van der Waals surface area contributed by atoms with Crippen molar-refractivity contribution in [3.63, 3.8) is 0 Å². The fourth-order valence-corrected chi connectivity index (χ4v) is 1.83. The van der Waals surface area contributed by atoms with Gasteiger partial charge < -0.3 is 11.1 Å². The average molecular weight is 292 g/mol. The van der Waals surface area contributed by atoms with Gasteiger partial charge in [0.15, 0.2) is 0 Å². The maximum absolute atomic E-state index is 12.1. The molecule has 0 radical (unpaired) electrons. The second kappa shape index (κ2) is 5.58. The summed E-state index contributed by atoms with van der Waals surface area (Å²) in [6.45, 7) is 0.